The van der Waals surface area contributed by atoms with E-state index in [9.17, 15) is 14.3 Å². The molecule has 0 bridgehead atoms. The molecule has 1 aromatic carbocycles. The van der Waals surface area contributed by atoms with Crippen LogP contribution >= 0.6 is 0 Å². The van der Waals surface area contributed by atoms with Gasteiger partial charge in [-0.15, -0.1) is 0 Å². The SMILES string of the molecule is CC(C)(O)C(=O)N1CCN(c2ccccc2F)CC1. The lowest BCUT2D eigenvalue weighted by atomic mass is 10.1. The molecule has 4 nitrogen and oxygen atoms in total. The lowest BCUT2D eigenvalue weighted by Gasteiger charge is -2.38. The number of carbonyl (C=O) groups excluding carboxylic acids is 1. The third-order valence-corrected chi connectivity index (χ3v) is 3.28. The summed E-state index contributed by atoms with van der Waals surface area (Å²) in [5, 5.41) is 9.70. The molecule has 1 aromatic rings. The van der Waals surface area contributed by atoms with Gasteiger partial charge in [-0.3, -0.25) is 4.79 Å². The highest BCUT2D eigenvalue weighted by Crippen LogP contribution is 2.21. The quantitative estimate of drug-likeness (QED) is 0.876. The van der Waals surface area contributed by atoms with Gasteiger partial charge in [0.1, 0.15) is 11.4 Å². The summed E-state index contributed by atoms with van der Waals surface area (Å²) in [6.07, 6.45) is 0. The van der Waals surface area contributed by atoms with E-state index in [1.54, 1.807) is 23.1 Å². The van der Waals surface area contributed by atoms with Crippen molar-refractivity contribution in [2.24, 2.45) is 0 Å². The van der Waals surface area contributed by atoms with Crippen LogP contribution in [0.2, 0.25) is 0 Å². The van der Waals surface area contributed by atoms with Gasteiger partial charge in [0, 0.05) is 26.2 Å². The number of benzene rings is 1. The van der Waals surface area contributed by atoms with Crippen LogP contribution in [-0.2, 0) is 4.79 Å². The van der Waals surface area contributed by atoms with Gasteiger partial charge in [-0.1, -0.05) is 12.1 Å². The van der Waals surface area contributed by atoms with Crippen molar-refractivity contribution < 1.29 is 14.3 Å². The van der Waals surface area contributed by atoms with Gasteiger partial charge in [-0.2, -0.15) is 0 Å². The second-order valence-electron chi connectivity index (χ2n) is 5.29. The largest absolute Gasteiger partial charge is 0.381 e. The number of hydrogen-bond donors (Lipinski definition) is 1. The van der Waals surface area contributed by atoms with E-state index < -0.39 is 5.60 Å². The monoisotopic (exact) mass is 266 g/mol. The maximum Gasteiger partial charge on any atom is 0.254 e. The molecule has 2 rings (SSSR count). The lowest BCUT2D eigenvalue weighted by Crippen LogP contribution is -2.54. The molecule has 0 saturated carbocycles. The van der Waals surface area contributed by atoms with Crippen molar-refractivity contribution >= 4 is 11.6 Å². The van der Waals surface area contributed by atoms with Gasteiger partial charge in [-0.25, -0.2) is 4.39 Å². The highest BCUT2D eigenvalue weighted by atomic mass is 19.1. The smallest absolute Gasteiger partial charge is 0.254 e. The molecule has 0 aliphatic carbocycles. The maximum atomic E-state index is 13.7. The molecule has 0 spiro atoms. The first-order valence-corrected chi connectivity index (χ1v) is 6.41. The van der Waals surface area contributed by atoms with Gasteiger partial charge in [0.25, 0.3) is 5.91 Å². The predicted molar refractivity (Wildman–Crippen MR) is 71.5 cm³/mol. The van der Waals surface area contributed by atoms with Gasteiger partial charge in [-0.05, 0) is 26.0 Å². The van der Waals surface area contributed by atoms with E-state index in [0.29, 0.717) is 31.9 Å². The minimum absolute atomic E-state index is 0.246. The highest BCUT2D eigenvalue weighted by Gasteiger charge is 2.31. The highest BCUT2D eigenvalue weighted by molar-refractivity contribution is 5.84. The van der Waals surface area contributed by atoms with E-state index in [1.807, 2.05) is 4.90 Å². The first-order chi connectivity index (χ1) is 8.89. The molecule has 1 fully saturated rings. The topological polar surface area (TPSA) is 43.8 Å². The molecule has 1 aliphatic rings. The van der Waals surface area contributed by atoms with Crippen LogP contribution in [0.1, 0.15) is 13.8 Å². The number of carbonyl (C=O) groups is 1. The first kappa shape index (κ1) is 13.8. The van der Waals surface area contributed by atoms with Crippen molar-refractivity contribution in [3.8, 4) is 0 Å². The van der Waals surface area contributed by atoms with Crippen LogP contribution in [0.5, 0.6) is 0 Å². The lowest BCUT2D eigenvalue weighted by molar-refractivity contribution is -0.148. The predicted octanol–water partition coefficient (Wildman–Crippen LogP) is 1.25. The van der Waals surface area contributed by atoms with Crippen molar-refractivity contribution in [1.82, 2.24) is 4.90 Å². The van der Waals surface area contributed by atoms with Crippen molar-refractivity contribution in [2.45, 2.75) is 19.4 Å². The van der Waals surface area contributed by atoms with E-state index >= 15 is 0 Å². The molecular formula is C14H19FN2O2. The summed E-state index contributed by atoms with van der Waals surface area (Å²) in [5.41, 5.74) is -0.780. The molecule has 0 unspecified atom stereocenters. The fraction of sp³-hybridized carbons (Fsp3) is 0.500. The molecule has 1 amide bonds. The zero-order valence-electron chi connectivity index (χ0n) is 11.3. The average Bonchev–Trinajstić information content (AvgIpc) is 2.38. The third-order valence-electron chi connectivity index (χ3n) is 3.28. The van der Waals surface area contributed by atoms with Crippen LogP contribution in [0.4, 0.5) is 10.1 Å². The van der Waals surface area contributed by atoms with Gasteiger partial charge in [0.2, 0.25) is 0 Å². The van der Waals surface area contributed by atoms with Crippen molar-refractivity contribution in [3.63, 3.8) is 0 Å². The van der Waals surface area contributed by atoms with Gasteiger partial charge < -0.3 is 14.9 Å². The van der Waals surface area contributed by atoms with Crippen molar-refractivity contribution in [1.29, 1.82) is 0 Å². The number of amides is 1. The molecule has 0 radical (unpaired) electrons. The van der Waals surface area contributed by atoms with E-state index in [1.165, 1.54) is 19.9 Å². The third kappa shape index (κ3) is 3.04. The Labute approximate surface area is 112 Å². The maximum absolute atomic E-state index is 13.7. The van der Waals surface area contributed by atoms with Gasteiger partial charge in [0.15, 0.2) is 0 Å². The number of anilines is 1. The summed E-state index contributed by atoms with van der Waals surface area (Å²) in [5.74, 6) is -0.523. The summed E-state index contributed by atoms with van der Waals surface area (Å²) >= 11 is 0. The molecule has 19 heavy (non-hydrogen) atoms. The Bertz CT molecular complexity index is 463. The second-order valence-corrected chi connectivity index (χ2v) is 5.29. The van der Waals surface area contributed by atoms with Gasteiger partial charge >= 0.3 is 0 Å². The summed E-state index contributed by atoms with van der Waals surface area (Å²) in [6, 6.07) is 6.63. The molecule has 1 N–H and O–H groups in total. The summed E-state index contributed by atoms with van der Waals surface area (Å²) in [4.78, 5) is 15.5. The standard InChI is InChI=1S/C14H19FN2O2/c1-14(2,19)13(18)17-9-7-16(8-10-17)12-6-4-3-5-11(12)15/h3-6,19H,7-10H2,1-2H3. The Morgan fingerprint density at radius 1 is 1.21 bits per heavy atom. The Morgan fingerprint density at radius 3 is 2.32 bits per heavy atom. The number of para-hydroxylation sites is 1. The molecule has 0 aromatic heterocycles. The van der Waals surface area contributed by atoms with Crippen molar-refractivity contribution in [2.75, 3.05) is 31.1 Å². The second kappa shape index (κ2) is 5.17. The number of aliphatic hydroxyl groups is 1. The van der Waals surface area contributed by atoms with E-state index in [0.717, 1.165) is 0 Å². The Kier molecular flexibility index (Phi) is 3.75. The number of halogens is 1. The molecule has 1 saturated heterocycles. The Hall–Kier alpha value is -1.62. The van der Waals surface area contributed by atoms with E-state index in [-0.39, 0.29) is 11.7 Å². The molecule has 0 atom stereocenters. The van der Waals surface area contributed by atoms with Crippen molar-refractivity contribution in [3.05, 3.63) is 30.1 Å². The minimum atomic E-state index is -1.35. The molecule has 1 heterocycles. The first-order valence-electron chi connectivity index (χ1n) is 6.41. The average molecular weight is 266 g/mol. The number of hydrogen-bond acceptors (Lipinski definition) is 3. The van der Waals surface area contributed by atoms with E-state index in [4.69, 9.17) is 0 Å². The van der Waals surface area contributed by atoms with E-state index in [2.05, 4.69) is 0 Å². The summed E-state index contributed by atoms with van der Waals surface area (Å²) < 4.78 is 13.7. The zero-order chi connectivity index (χ0) is 14.0. The van der Waals surface area contributed by atoms with Crippen LogP contribution in [0, 0.1) is 5.82 Å². The molecular weight excluding hydrogens is 247 g/mol. The summed E-state index contributed by atoms with van der Waals surface area (Å²) in [7, 11) is 0. The Morgan fingerprint density at radius 2 is 1.79 bits per heavy atom. The van der Waals surface area contributed by atoms with Crippen LogP contribution in [0.15, 0.2) is 24.3 Å². The fourth-order valence-electron chi connectivity index (χ4n) is 2.25. The van der Waals surface area contributed by atoms with Crippen LogP contribution in [0.25, 0.3) is 0 Å². The fourth-order valence-corrected chi connectivity index (χ4v) is 2.25. The normalized spacial score (nSPS) is 16.6. The number of nitrogens with zero attached hydrogens (tertiary/aromatic N) is 2. The minimum Gasteiger partial charge on any atom is -0.381 e. The van der Waals surface area contributed by atoms with Crippen LogP contribution in [0.3, 0.4) is 0 Å². The number of rotatable bonds is 2. The zero-order valence-corrected chi connectivity index (χ0v) is 11.3. The molecule has 1 aliphatic heterocycles. The molecule has 5 heteroatoms. The summed E-state index contributed by atoms with van der Waals surface area (Å²) in [6.45, 7) is 5.11. The van der Waals surface area contributed by atoms with Gasteiger partial charge in [0.05, 0.1) is 5.69 Å². The molecule has 104 valence electrons. The Balaban J connectivity index is 2.00. The van der Waals surface area contributed by atoms with Crippen LogP contribution in [-0.4, -0.2) is 47.7 Å². The van der Waals surface area contributed by atoms with Crippen LogP contribution < -0.4 is 4.90 Å². The number of piperazine rings is 1.